The summed E-state index contributed by atoms with van der Waals surface area (Å²) in [5, 5.41) is 0.922. The molecule has 0 aliphatic heterocycles. The lowest BCUT2D eigenvalue weighted by atomic mass is 10.1. The Kier molecular flexibility index (Phi) is 5.87. The average Bonchev–Trinajstić information content (AvgIpc) is 3.33. The van der Waals surface area contributed by atoms with Crippen LogP contribution < -0.4 is 15.2 Å². The molecule has 0 aromatic carbocycles. The maximum absolute atomic E-state index is 6.00. The highest BCUT2D eigenvalue weighted by molar-refractivity contribution is 7.17. The Bertz CT molecular complexity index is 1230. The van der Waals surface area contributed by atoms with E-state index in [-0.39, 0.29) is 0 Å². The van der Waals surface area contributed by atoms with Crippen LogP contribution in [0.5, 0.6) is 11.6 Å². The number of hydrogen-bond donors (Lipinski definition) is 1. The molecule has 0 amide bonds. The molecule has 0 atom stereocenters. The molecule has 0 spiro atoms. The first-order valence-corrected chi connectivity index (χ1v) is 14.6. The van der Waals surface area contributed by atoms with Crippen LogP contribution >= 0.6 is 11.3 Å². The van der Waals surface area contributed by atoms with E-state index in [0.29, 0.717) is 36.4 Å². The fourth-order valence-electron chi connectivity index (χ4n) is 3.44. The minimum absolute atomic E-state index is 0.387. The second kappa shape index (κ2) is 8.44. The van der Waals surface area contributed by atoms with Gasteiger partial charge in [-0.15, -0.1) is 11.3 Å². The van der Waals surface area contributed by atoms with Crippen LogP contribution in [-0.4, -0.2) is 48.4 Å². The largest absolute Gasteiger partial charge is 0.494 e. The first-order chi connectivity index (χ1) is 14.8. The summed E-state index contributed by atoms with van der Waals surface area (Å²) in [6, 6.07) is 4.85. The van der Waals surface area contributed by atoms with E-state index in [0.717, 1.165) is 32.9 Å². The highest BCUT2D eigenvalue weighted by Crippen LogP contribution is 2.45. The lowest BCUT2D eigenvalue weighted by Crippen LogP contribution is -2.22. The Balaban J connectivity index is 1.83. The molecule has 0 aliphatic carbocycles. The first-order valence-electron chi connectivity index (χ1n) is 10.0. The van der Waals surface area contributed by atoms with Crippen molar-refractivity contribution in [1.82, 2.24) is 19.5 Å². The van der Waals surface area contributed by atoms with Gasteiger partial charge in [-0.2, -0.15) is 4.98 Å². The number of aromatic nitrogens is 4. The number of rotatable bonds is 8. The smallest absolute Gasteiger partial charge is 0.227 e. The summed E-state index contributed by atoms with van der Waals surface area (Å²) in [6.45, 7) is 8.11. The van der Waals surface area contributed by atoms with E-state index in [1.165, 1.54) is 11.3 Å². The predicted octanol–water partition coefficient (Wildman–Crippen LogP) is 4.62. The van der Waals surface area contributed by atoms with Crippen molar-refractivity contribution in [2.45, 2.75) is 32.4 Å². The summed E-state index contributed by atoms with van der Waals surface area (Å²) in [7, 11) is 2.08. The number of nitrogens with two attached hydrogens (primary N) is 1. The molecule has 4 aromatic heterocycles. The maximum atomic E-state index is 6.00. The zero-order valence-electron chi connectivity index (χ0n) is 18.4. The fourth-order valence-corrected chi connectivity index (χ4v) is 4.95. The summed E-state index contributed by atoms with van der Waals surface area (Å²) in [5.74, 6) is 1.58. The molecule has 0 saturated heterocycles. The van der Waals surface area contributed by atoms with E-state index in [1.807, 2.05) is 16.8 Å². The molecule has 164 valence electrons. The van der Waals surface area contributed by atoms with Crippen LogP contribution in [0, 0.1) is 0 Å². The van der Waals surface area contributed by atoms with Crippen molar-refractivity contribution in [3.05, 3.63) is 23.8 Å². The number of ether oxygens (including phenoxy) is 3. The first kappa shape index (κ1) is 21.5. The van der Waals surface area contributed by atoms with E-state index in [9.17, 15) is 0 Å². The lowest BCUT2D eigenvalue weighted by Gasteiger charge is -2.15. The monoisotopic (exact) mass is 457 g/mol. The molecule has 0 radical (unpaired) electrons. The standard InChI is InChI=1S/C21H27N5O3SSi/c1-27-17-16(21(28-2)25-19-18(17)30-11-23-19)14-10-26(12-29-8-9-31(3,4)5)20-13(14)6-7-15(22)24-20/h6-7,10-11H,8-9,12H2,1-5H3,(H2,22,24). The van der Waals surface area contributed by atoms with E-state index in [2.05, 4.69) is 34.6 Å². The minimum Gasteiger partial charge on any atom is -0.494 e. The normalized spacial score (nSPS) is 12.0. The van der Waals surface area contributed by atoms with Gasteiger partial charge >= 0.3 is 0 Å². The van der Waals surface area contributed by atoms with E-state index in [1.54, 1.807) is 25.8 Å². The molecular formula is C21H27N5O3SSi. The average molecular weight is 458 g/mol. The summed E-state index contributed by atoms with van der Waals surface area (Å²) < 4.78 is 20.3. The van der Waals surface area contributed by atoms with E-state index >= 15 is 0 Å². The van der Waals surface area contributed by atoms with Crippen LogP contribution in [0.25, 0.3) is 32.5 Å². The van der Waals surface area contributed by atoms with Gasteiger partial charge in [-0.1, -0.05) is 19.6 Å². The predicted molar refractivity (Wildman–Crippen MR) is 128 cm³/mol. The van der Waals surface area contributed by atoms with Crippen molar-refractivity contribution in [2.75, 3.05) is 26.6 Å². The third kappa shape index (κ3) is 4.23. The molecule has 0 aliphatic rings. The molecule has 0 bridgehead atoms. The summed E-state index contributed by atoms with van der Waals surface area (Å²) >= 11 is 1.48. The molecule has 4 aromatic rings. The van der Waals surface area contributed by atoms with Crippen molar-refractivity contribution < 1.29 is 14.2 Å². The highest BCUT2D eigenvalue weighted by atomic mass is 32.1. The van der Waals surface area contributed by atoms with Crippen molar-refractivity contribution in [3.8, 4) is 22.8 Å². The van der Waals surface area contributed by atoms with Crippen LogP contribution in [0.3, 0.4) is 0 Å². The van der Waals surface area contributed by atoms with Gasteiger partial charge in [-0.05, 0) is 18.2 Å². The maximum Gasteiger partial charge on any atom is 0.227 e. The zero-order valence-corrected chi connectivity index (χ0v) is 20.2. The van der Waals surface area contributed by atoms with Crippen LogP contribution in [0.15, 0.2) is 23.8 Å². The number of fused-ring (bicyclic) bond motifs is 2. The van der Waals surface area contributed by atoms with Crippen LogP contribution in [0.2, 0.25) is 25.7 Å². The second-order valence-electron chi connectivity index (χ2n) is 8.50. The summed E-state index contributed by atoms with van der Waals surface area (Å²) in [6.07, 6.45) is 2.00. The van der Waals surface area contributed by atoms with E-state index < -0.39 is 8.07 Å². The molecule has 0 fully saturated rings. The number of hydrogen-bond acceptors (Lipinski definition) is 8. The lowest BCUT2D eigenvalue weighted by molar-refractivity contribution is 0.0899. The molecule has 0 unspecified atom stereocenters. The van der Waals surface area contributed by atoms with Gasteiger partial charge in [0.25, 0.3) is 0 Å². The Hall–Kier alpha value is -2.69. The fraction of sp³-hybridized carbons (Fsp3) is 0.381. The molecule has 4 rings (SSSR count). The third-order valence-electron chi connectivity index (χ3n) is 5.04. The Morgan fingerprint density at radius 1 is 1.13 bits per heavy atom. The molecule has 31 heavy (non-hydrogen) atoms. The highest BCUT2D eigenvalue weighted by Gasteiger charge is 2.24. The zero-order chi connectivity index (χ0) is 22.2. The molecule has 0 saturated carbocycles. The van der Waals surface area contributed by atoms with Gasteiger partial charge in [-0.25, -0.2) is 9.97 Å². The number of nitrogen functional groups attached to an aromatic ring is 1. The van der Waals surface area contributed by atoms with Crippen LogP contribution in [0.1, 0.15) is 0 Å². The summed E-state index contributed by atoms with van der Waals surface area (Å²) in [4.78, 5) is 13.5. The molecule has 8 nitrogen and oxygen atoms in total. The van der Waals surface area contributed by atoms with Crippen molar-refractivity contribution in [1.29, 1.82) is 0 Å². The number of pyridine rings is 2. The van der Waals surface area contributed by atoms with Gasteiger partial charge in [0.15, 0.2) is 11.4 Å². The third-order valence-corrected chi connectivity index (χ3v) is 7.56. The quantitative estimate of drug-likeness (QED) is 0.304. The van der Waals surface area contributed by atoms with Gasteiger partial charge < -0.3 is 24.5 Å². The molecule has 2 N–H and O–H groups in total. The number of nitrogens with zero attached hydrogens (tertiary/aromatic N) is 4. The van der Waals surface area contributed by atoms with Gasteiger partial charge in [0.1, 0.15) is 22.9 Å². The Morgan fingerprint density at radius 2 is 1.94 bits per heavy atom. The van der Waals surface area contributed by atoms with Crippen molar-refractivity contribution >= 4 is 46.6 Å². The second-order valence-corrected chi connectivity index (χ2v) is 15.0. The summed E-state index contributed by atoms with van der Waals surface area (Å²) in [5.41, 5.74) is 10.8. The molecular weight excluding hydrogens is 430 g/mol. The van der Waals surface area contributed by atoms with Crippen molar-refractivity contribution in [3.63, 3.8) is 0 Å². The van der Waals surface area contributed by atoms with Crippen LogP contribution in [0.4, 0.5) is 5.82 Å². The van der Waals surface area contributed by atoms with Gasteiger partial charge in [0.05, 0.1) is 25.3 Å². The van der Waals surface area contributed by atoms with Gasteiger partial charge in [0.2, 0.25) is 5.88 Å². The Morgan fingerprint density at radius 3 is 2.65 bits per heavy atom. The van der Waals surface area contributed by atoms with Crippen LogP contribution in [-0.2, 0) is 11.5 Å². The topological polar surface area (TPSA) is 97.3 Å². The Labute approximate surface area is 186 Å². The number of thiazole rings is 1. The van der Waals surface area contributed by atoms with Crippen molar-refractivity contribution in [2.24, 2.45) is 0 Å². The SMILES string of the molecule is COc1nc2ncsc2c(OC)c1-c1cn(COCC[Si](C)(C)C)c2nc(N)ccc12. The number of methoxy groups -OCH3 is 2. The van der Waals surface area contributed by atoms with E-state index in [4.69, 9.17) is 19.9 Å². The minimum atomic E-state index is -1.17. The van der Waals surface area contributed by atoms with Gasteiger partial charge in [0, 0.05) is 31.8 Å². The number of anilines is 1. The van der Waals surface area contributed by atoms with Gasteiger partial charge in [-0.3, -0.25) is 0 Å². The molecule has 4 heterocycles. The molecule has 10 heteroatoms.